The number of primary amides is 1. The number of fused-ring (bicyclic) bond motifs is 1. The predicted molar refractivity (Wildman–Crippen MR) is 161 cm³/mol. The van der Waals surface area contributed by atoms with Gasteiger partial charge in [-0.1, -0.05) is 18.2 Å². The minimum atomic E-state index is -1.03. The number of nitrogens with one attached hydrogen (secondary N) is 6. The van der Waals surface area contributed by atoms with Crippen LogP contribution in [0.4, 0.5) is 0 Å². The lowest BCUT2D eigenvalue weighted by Crippen LogP contribution is -2.49. The first-order valence-corrected chi connectivity index (χ1v) is 14.7. The number of aromatic amines is 1. The van der Waals surface area contributed by atoms with E-state index in [1.165, 1.54) is 0 Å². The summed E-state index contributed by atoms with van der Waals surface area (Å²) >= 11 is 0. The Morgan fingerprint density at radius 1 is 0.780 bits per heavy atom. The second-order valence-electron chi connectivity index (χ2n) is 10.1. The Morgan fingerprint density at radius 2 is 1.44 bits per heavy atom. The normalized spacial score (nSPS) is 11.7. The van der Waals surface area contributed by atoms with Crippen molar-refractivity contribution >= 4 is 34.5 Å². The highest BCUT2D eigenvalue weighted by atomic mass is 16.2. The molecule has 12 heteroatoms. The molecule has 1 aromatic carbocycles. The Balaban J connectivity index is 1.53. The van der Waals surface area contributed by atoms with Crippen molar-refractivity contribution in [3.63, 3.8) is 0 Å². The number of carbonyl (C=O) groups excluding carboxylic acids is 4. The second kappa shape index (κ2) is 20.4. The lowest BCUT2D eigenvalue weighted by atomic mass is 10.1. The second-order valence-corrected chi connectivity index (χ2v) is 10.1. The van der Waals surface area contributed by atoms with Crippen LogP contribution in [0.15, 0.2) is 30.5 Å². The van der Waals surface area contributed by atoms with E-state index in [0.29, 0.717) is 39.0 Å². The number of para-hydroxylation sites is 1. The zero-order valence-corrected chi connectivity index (χ0v) is 24.1. The minimum absolute atomic E-state index is 0.0203. The van der Waals surface area contributed by atoms with Crippen molar-refractivity contribution in [3.05, 3.63) is 36.0 Å². The molecule has 2 aromatic rings. The highest BCUT2D eigenvalue weighted by molar-refractivity contribution is 5.94. The van der Waals surface area contributed by atoms with E-state index in [4.69, 9.17) is 11.5 Å². The lowest BCUT2D eigenvalue weighted by Gasteiger charge is -2.17. The van der Waals surface area contributed by atoms with Crippen molar-refractivity contribution in [1.82, 2.24) is 31.6 Å². The van der Waals surface area contributed by atoms with Crippen molar-refractivity contribution in [2.75, 3.05) is 45.8 Å². The number of H-pyrrole nitrogens is 1. The van der Waals surface area contributed by atoms with Gasteiger partial charge in [0.2, 0.25) is 23.6 Å². The maximum Gasteiger partial charge on any atom is 0.243 e. The maximum atomic E-state index is 12.6. The number of benzene rings is 1. The first kappa shape index (κ1) is 33.7. The van der Waals surface area contributed by atoms with Crippen LogP contribution in [0.2, 0.25) is 0 Å². The number of amides is 4. The Labute approximate surface area is 242 Å². The molecular weight excluding hydrogens is 524 g/mol. The fourth-order valence-corrected chi connectivity index (χ4v) is 4.36. The summed E-state index contributed by atoms with van der Waals surface area (Å²) in [5.74, 6) is -1.46. The molecule has 0 radical (unpaired) electrons. The van der Waals surface area contributed by atoms with E-state index in [9.17, 15) is 19.2 Å². The molecule has 1 atom stereocenters. The number of carbonyl (C=O) groups is 4. The van der Waals surface area contributed by atoms with E-state index in [0.717, 1.165) is 68.2 Å². The summed E-state index contributed by atoms with van der Waals surface area (Å²) < 4.78 is 0. The van der Waals surface area contributed by atoms with E-state index < -0.39 is 17.9 Å². The van der Waals surface area contributed by atoms with Crippen molar-refractivity contribution in [3.8, 4) is 0 Å². The Hall–Kier alpha value is -3.48. The molecule has 1 aromatic heterocycles. The van der Waals surface area contributed by atoms with Crippen LogP contribution in [-0.2, 0) is 25.6 Å². The summed E-state index contributed by atoms with van der Waals surface area (Å²) in [5.41, 5.74) is 12.5. The quantitative estimate of drug-likeness (QED) is 0.0869. The predicted octanol–water partition coefficient (Wildman–Crippen LogP) is 0.172. The molecule has 0 spiro atoms. The molecule has 0 fully saturated rings. The molecule has 0 aliphatic rings. The average molecular weight is 573 g/mol. The SMILES string of the molecule is NCCCNCCCCNCCC(=O)NCCCCCNC(=O)[C@@H](CC(N)=O)NC(=O)Cc1c[nH]c2ccccc12. The van der Waals surface area contributed by atoms with Crippen molar-refractivity contribution in [2.24, 2.45) is 11.5 Å². The molecular formula is C29H48N8O4. The molecule has 4 amide bonds. The van der Waals surface area contributed by atoms with E-state index in [1.54, 1.807) is 6.20 Å². The van der Waals surface area contributed by atoms with Gasteiger partial charge in [0.25, 0.3) is 0 Å². The zero-order valence-electron chi connectivity index (χ0n) is 24.1. The van der Waals surface area contributed by atoms with Gasteiger partial charge in [-0.05, 0) is 76.3 Å². The number of unbranched alkanes of at least 4 members (excludes halogenated alkanes) is 3. The summed E-state index contributed by atoms with van der Waals surface area (Å²) in [4.78, 5) is 51.8. The van der Waals surface area contributed by atoms with Crippen molar-refractivity contribution < 1.29 is 19.2 Å². The molecule has 41 heavy (non-hydrogen) atoms. The molecule has 12 nitrogen and oxygen atoms in total. The third kappa shape index (κ3) is 14.6. The first-order chi connectivity index (χ1) is 19.9. The largest absolute Gasteiger partial charge is 0.370 e. The van der Waals surface area contributed by atoms with Gasteiger partial charge in [-0.25, -0.2) is 0 Å². The third-order valence-electron chi connectivity index (χ3n) is 6.60. The van der Waals surface area contributed by atoms with E-state index in [1.807, 2.05) is 24.3 Å². The number of hydrogen-bond acceptors (Lipinski definition) is 7. The molecule has 0 saturated carbocycles. The molecule has 0 unspecified atom stereocenters. The summed E-state index contributed by atoms with van der Waals surface area (Å²) in [5, 5.41) is 15.9. The zero-order chi connectivity index (χ0) is 29.7. The fourth-order valence-electron chi connectivity index (χ4n) is 4.36. The van der Waals surface area contributed by atoms with Gasteiger partial charge in [-0.2, -0.15) is 0 Å². The molecule has 10 N–H and O–H groups in total. The Bertz CT molecular complexity index is 1070. The fraction of sp³-hybridized carbons (Fsp3) is 0.586. The highest BCUT2D eigenvalue weighted by Crippen LogP contribution is 2.18. The average Bonchev–Trinajstić information content (AvgIpc) is 3.35. The van der Waals surface area contributed by atoms with Gasteiger partial charge in [-0.15, -0.1) is 0 Å². The van der Waals surface area contributed by atoms with E-state index >= 15 is 0 Å². The van der Waals surface area contributed by atoms with Crippen LogP contribution in [0.3, 0.4) is 0 Å². The van der Waals surface area contributed by atoms with Crippen LogP contribution in [0.25, 0.3) is 10.9 Å². The minimum Gasteiger partial charge on any atom is -0.370 e. The van der Waals surface area contributed by atoms with Gasteiger partial charge in [0, 0.05) is 43.2 Å². The highest BCUT2D eigenvalue weighted by Gasteiger charge is 2.23. The van der Waals surface area contributed by atoms with Crippen LogP contribution in [0.5, 0.6) is 0 Å². The number of nitrogens with two attached hydrogens (primary N) is 2. The van der Waals surface area contributed by atoms with Crippen LogP contribution < -0.4 is 38.1 Å². The molecule has 0 aliphatic heterocycles. The Morgan fingerprint density at radius 3 is 2.17 bits per heavy atom. The third-order valence-corrected chi connectivity index (χ3v) is 6.60. The number of aromatic nitrogens is 1. The number of hydrogen-bond donors (Lipinski definition) is 8. The molecule has 228 valence electrons. The summed E-state index contributed by atoms with van der Waals surface area (Å²) in [7, 11) is 0. The summed E-state index contributed by atoms with van der Waals surface area (Å²) in [6, 6.07) is 6.60. The molecule has 0 bridgehead atoms. The standard InChI is InChI=1S/C29H48N8O4/c30-12-8-15-32-13-6-7-14-33-18-11-27(39)34-16-4-1-5-17-35-29(41)25(20-26(31)38)37-28(40)19-22-21-36-24-10-3-2-9-23(22)24/h2-3,9-10,21,25,32-33,36H,1,4-8,11-20,30H2,(H2,31,38)(H,34,39)(H,35,41)(H,37,40)/t25-/m1/s1. The molecule has 1 heterocycles. The van der Waals surface area contributed by atoms with Crippen LogP contribution in [-0.4, -0.2) is 80.5 Å². The van der Waals surface area contributed by atoms with Gasteiger partial charge in [-0.3, -0.25) is 19.2 Å². The van der Waals surface area contributed by atoms with Gasteiger partial charge < -0.3 is 43.0 Å². The van der Waals surface area contributed by atoms with Crippen LogP contribution in [0.1, 0.15) is 56.9 Å². The van der Waals surface area contributed by atoms with Gasteiger partial charge >= 0.3 is 0 Å². The molecule has 0 aliphatic carbocycles. The Kier molecular flexibility index (Phi) is 16.8. The van der Waals surface area contributed by atoms with Crippen LogP contribution >= 0.6 is 0 Å². The lowest BCUT2D eigenvalue weighted by molar-refractivity contribution is -0.131. The van der Waals surface area contributed by atoms with Gasteiger partial charge in [0.1, 0.15) is 6.04 Å². The van der Waals surface area contributed by atoms with Gasteiger partial charge in [0.15, 0.2) is 0 Å². The molecule has 2 rings (SSSR count). The maximum absolute atomic E-state index is 12.6. The topological polar surface area (TPSA) is 196 Å². The molecule has 0 saturated heterocycles. The van der Waals surface area contributed by atoms with Gasteiger partial charge in [0.05, 0.1) is 12.8 Å². The number of rotatable bonds is 23. The van der Waals surface area contributed by atoms with Crippen LogP contribution in [0, 0.1) is 0 Å². The van der Waals surface area contributed by atoms with Crippen molar-refractivity contribution in [1.29, 1.82) is 0 Å². The van der Waals surface area contributed by atoms with E-state index in [-0.39, 0.29) is 24.7 Å². The van der Waals surface area contributed by atoms with E-state index in [2.05, 4.69) is 31.6 Å². The monoisotopic (exact) mass is 572 g/mol. The smallest absolute Gasteiger partial charge is 0.243 e. The first-order valence-electron chi connectivity index (χ1n) is 14.7. The van der Waals surface area contributed by atoms with Crippen molar-refractivity contribution in [2.45, 2.75) is 63.8 Å². The summed E-state index contributed by atoms with van der Waals surface area (Å²) in [6.07, 6.45) is 7.46. The summed E-state index contributed by atoms with van der Waals surface area (Å²) in [6.45, 7) is 5.19.